The number of carbonyl (C=O) groups is 1. The average Bonchev–Trinajstić information content (AvgIpc) is 2.85. The number of pyridine rings is 1. The number of hydrogen-bond acceptors (Lipinski definition) is 2. The summed E-state index contributed by atoms with van der Waals surface area (Å²) in [6.07, 6.45) is 4.09. The number of imidazole rings is 1. The minimum atomic E-state index is -0.0709. The van der Waals surface area contributed by atoms with Gasteiger partial charge in [0, 0.05) is 22.6 Å². The molecule has 0 radical (unpaired) electrons. The Labute approximate surface area is 131 Å². The molecule has 106 valence electrons. The predicted molar refractivity (Wildman–Crippen MR) is 86.4 cm³/mol. The summed E-state index contributed by atoms with van der Waals surface area (Å²) in [5.41, 5.74) is 3.53. The van der Waals surface area contributed by atoms with Gasteiger partial charge in [-0.05, 0) is 42.8 Å². The number of aromatic nitrogens is 2. The van der Waals surface area contributed by atoms with Crippen molar-refractivity contribution in [2.45, 2.75) is 13.3 Å². The van der Waals surface area contributed by atoms with Crippen LogP contribution >= 0.6 is 15.9 Å². The first-order valence-electron chi connectivity index (χ1n) is 6.60. The standard InChI is InChI=1S/C16H14BrN3O/c1-11-3-2-8-20-10-14(19-16(11)20)9-15(21)18-13-6-4-12(17)5-7-13/h2-8,10H,9H2,1H3,(H,18,21). The summed E-state index contributed by atoms with van der Waals surface area (Å²) < 4.78 is 2.92. The lowest BCUT2D eigenvalue weighted by Crippen LogP contribution is -2.14. The van der Waals surface area contributed by atoms with E-state index in [4.69, 9.17) is 0 Å². The van der Waals surface area contributed by atoms with Gasteiger partial charge in [0.2, 0.25) is 5.91 Å². The molecule has 0 atom stereocenters. The van der Waals surface area contributed by atoms with Crippen molar-refractivity contribution in [2.24, 2.45) is 0 Å². The zero-order valence-electron chi connectivity index (χ0n) is 11.5. The Morgan fingerprint density at radius 1 is 1.29 bits per heavy atom. The summed E-state index contributed by atoms with van der Waals surface area (Å²) >= 11 is 3.37. The molecule has 1 aromatic carbocycles. The zero-order chi connectivity index (χ0) is 14.8. The summed E-state index contributed by atoms with van der Waals surface area (Å²) in [5, 5.41) is 2.87. The van der Waals surface area contributed by atoms with E-state index in [-0.39, 0.29) is 12.3 Å². The Hall–Kier alpha value is -2.14. The molecular formula is C16H14BrN3O. The summed E-state index contributed by atoms with van der Waals surface area (Å²) in [6.45, 7) is 2.01. The maximum Gasteiger partial charge on any atom is 0.230 e. The second kappa shape index (κ2) is 5.69. The number of nitrogens with zero attached hydrogens (tertiary/aromatic N) is 2. The van der Waals surface area contributed by atoms with Crippen LogP contribution in [0.3, 0.4) is 0 Å². The summed E-state index contributed by atoms with van der Waals surface area (Å²) in [5.74, 6) is -0.0709. The molecular weight excluding hydrogens is 330 g/mol. The minimum Gasteiger partial charge on any atom is -0.326 e. The molecule has 0 spiro atoms. The Bertz CT molecular complexity index is 793. The molecule has 0 aliphatic heterocycles. The molecule has 1 N–H and O–H groups in total. The summed E-state index contributed by atoms with van der Waals surface area (Å²) in [7, 11) is 0. The van der Waals surface area contributed by atoms with Crippen LogP contribution in [0.1, 0.15) is 11.3 Å². The molecule has 2 aromatic heterocycles. The van der Waals surface area contributed by atoms with Crippen LogP contribution in [0.4, 0.5) is 5.69 Å². The number of fused-ring (bicyclic) bond motifs is 1. The lowest BCUT2D eigenvalue weighted by molar-refractivity contribution is -0.115. The number of halogens is 1. The second-order valence-electron chi connectivity index (χ2n) is 4.89. The fraction of sp³-hybridized carbons (Fsp3) is 0.125. The summed E-state index contributed by atoms with van der Waals surface area (Å²) in [6, 6.07) is 11.5. The minimum absolute atomic E-state index is 0.0709. The van der Waals surface area contributed by atoms with E-state index in [1.54, 1.807) is 0 Å². The van der Waals surface area contributed by atoms with E-state index in [1.807, 2.05) is 60.1 Å². The second-order valence-corrected chi connectivity index (χ2v) is 5.80. The number of benzene rings is 1. The first-order chi connectivity index (χ1) is 10.1. The van der Waals surface area contributed by atoms with E-state index in [2.05, 4.69) is 26.2 Å². The number of hydrogen-bond donors (Lipinski definition) is 1. The van der Waals surface area contributed by atoms with Gasteiger partial charge < -0.3 is 9.72 Å². The number of anilines is 1. The Kier molecular flexibility index (Phi) is 3.75. The van der Waals surface area contributed by atoms with E-state index >= 15 is 0 Å². The topological polar surface area (TPSA) is 46.4 Å². The lowest BCUT2D eigenvalue weighted by Gasteiger charge is -2.03. The largest absolute Gasteiger partial charge is 0.326 e. The fourth-order valence-electron chi connectivity index (χ4n) is 2.19. The molecule has 0 fully saturated rings. The fourth-order valence-corrected chi connectivity index (χ4v) is 2.46. The van der Waals surface area contributed by atoms with Crippen LogP contribution in [0.2, 0.25) is 0 Å². The highest BCUT2D eigenvalue weighted by Gasteiger charge is 2.09. The van der Waals surface area contributed by atoms with E-state index in [0.717, 1.165) is 27.1 Å². The first kappa shape index (κ1) is 13.8. The third-order valence-electron chi connectivity index (χ3n) is 3.20. The highest BCUT2D eigenvalue weighted by atomic mass is 79.9. The molecule has 2 heterocycles. The third kappa shape index (κ3) is 3.13. The summed E-state index contributed by atoms with van der Waals surface area (Å²) in [4.78, 5) is 16.6. The molecule has 0 bridgehead atoms. The van der Waals surface area contributed by atoms with Crippen molar-refractivity contribution in [2.75, 3.05) is 5.32 Å². The maximum absolute atomic E-state index is 12.1. The van der Waals surface area contributed by atoms with Crippen LogP contribution in [0.15, 0.2) is 53.3 Å². The Morgan fingerprint density at radius 2 is 2.05 bits per heavy atom. The van der Waals surface area contributed by atoms with E-state index in [9.17, 15) is 4.79 Å². The van der Waals surface area contributed by atoms with Crippen LogP contribution < -0.4 is 5.32 Å². The number of rotatable bonds is 3. The molecule has 1 amide bonds. The van der Waals surface area contributed by atoms with Crippen molar-refractivity contribution in [3.8, 4) is 0 Å². The highest BCUT2D eigenvalue weighted by Crippen LogP contribution is 2.15. The molecule has 0 saturated heterocycles. The predicted octanol–water partition coefficient (Wildman–Crippen LogP) is 3.59. The van der Waals surface area contributed by atoms with Gasteiger partial charge in [0.15, 0.2) is 0 Å². The van der Waals surface area contributed by atoms with Crippen LogP contribution in [0.25, 0.3) is 5.65 Å². The van der Waals surface area contributed by atoms with Crippen LogP contribution in [0, 0.1) is 6.92 Å². The highest BCUT2D eigenvalue weighted by molar-refractivity contribution is 9.10. The average molecular weight is 344 g/mol. The quantitative estimate of drug-likeness (QED) is 0.789. The number of aryl methyl sites for hydroxylation is 1. The van der Waals surface area contributed by atoms with Gasteiger partial charge in [-0.3, -0.25) is 4.79 Å². The maximum atomic E-state index is 12.1. The molecule has 21 heavy (non-hydrogen) atoms. The van der Waals surface area contributed by atoms with E-state index in [0.29, 0.717) is 0 Å². The van der Waals surface area contributed by atoms with Gasteiger partial charge in [-0.25, -0.2) is 4.98 Å². The molecule has 4 nitrogen and oxygen atoms in total. The number of amides is 1. The number of carbonyl (C=O) groups excluding carboxylic acids is 1. The van der Waals surface area contributed by atoms with Gasteiger partial charge in [-0.15, -0.1) is 0 Å². The SMILES string of the molecule is Cc1cccn2cc(CC(=O)Nc3ccc(Br)cc3)nc12. The Balaban J connectivity index is 1.74. The van der Waals surface area contributed by atoms with Gasteiger partial charge in [-0.2, -0.15) is 0 Å². The van der Waals surface area contributed by atoms with Crippen LogP contribution in [0.5, 0.6) is 0 Å². The van der Waals surface area contributed by atoms with Gasteiger partial charge >= 0.3 is 0 Å². The van der Waals surface area contributed by atoms with Crippen molar-refractivity contribution in [3.63, 3.8) is 0 Å². The molecule has 0 saturated carbocycles. The van der Waals surface area contributed by atoms with Crippen LogP contribution in [-0.4, -0.2) is 15.3 Å². The molecule has 0 aliphatic carbocycles. The third-order valence-corrected chi connectivity index (χ3v) is 3.73. The van der Waals surface area contributed by atoms with Crippen molar-refractivity contribution >= 4 is 33.2 Å². The first-order valence-corrected chi connectivity index (χ1v) is 7.40. The van der Waals surface area contributed by atoms with Gasteiger partial charge in [0.25, 0.3) is 0 Å². The van der Waals surface area contributed by atoms with E-state index in [1.165, 1.54) is 0 Å². The molecule has 5 heteroatoms. The number of nitrogens with one attached hydrogen (secondary N) is 1. The van der Waals surface area contributed by atoms with Crippen LogP contribution in [-0.2, 0) is 11.2 Å². The van der Waals surface area contributed by atoms with Crippen molar-refractivity contribution in [1.29, 1.82) is 0 Å². The van der Waals surface area contributed by atoms with Crippen molar-refractivity contribution < 1.29 is 4.79 Å². The van der Waals surface area contributed by atoms with Gasteiger partial charge in [-0.1, -0.05) is 22.0 Å². The molecule has 0 aliphatic rings. The smallest absolute Gasteiger partial charge is 0.230 e. The monoisotopic (exact) mass is 343 g/mol. The normalized spacial score (nSPS) is 10.8. The lowest BCUT2D eigenvalue weighted by atomic mass is 10.3. The van der Waals surface area contributed by atoms with E-state index < -0.39 is 0 Å². The molecule has 3 aromatic rings. The Morgan fingerprint density at radius 3 is 2.76 bits per heavy atom. The molecule has 3 rings (SSSR count). The van der Waals surface area contributed by atoms with Gasteiger partial charge in [0.05, 0.1) is 12.1 Å². The van der Waals surface area contributed by atoms with Crippen molar-refractivity contribution in [3.05, 3.63) is 64.5 Å². The van der Waals surface area contributed by atoms with Gasteiger partial charge in [0.1, 0.15) is 5.65 Å². The molecule has 0 unspecified atom stereocenters. The van der Waals surface area contributed by atoms with Crippen molar-refractivity contribution in [1.82, 2.24) is 9.38 Å². The zero-order valence-corrected chi connectivity index (χ0v) is 13.1.